The lowest BCUT2D eigenvalue weighted by Crippen LogP contribution is -2.38. The van der Waals surface area contributed by atoms with E-state index < -0.39 is 0 Å². The fourth-order valence-corrected chi connectivity index (χ4v) is 2.74. The summed E-state index contributed by atoms with van der Waals surface area (Å²) in [6.45, 7) is 8.67. The van der Waals surface area contributed by atoms with Crippen LogP contribution in [0.5, 0.6) is 0 Å². The maximum Gasteiger partial charge on any atom is 0.0715 e. The Morgan fingerprint density at radius 1 is 1.35 bits per heavy atom. The standard InChI is InChI=1S/C15H23NO/c1-15(2,3)14-13-7-5-6-11(10-17-4)12(13)8-9-16-14/h5-7,14,16H,8-10H2,1-4H3. The van der Waals surface area contributed by atoms with Gasteiger partial charge < -0.3 is 10.1 Å². The molecule has 1 aromatic carbocycles. The highest BCUT2D eigenvalue weighted by Gasteiger charge is 2.30. The van der Waals surface area contributed by atoms with Gasteiger partial charge in [0.25, 0.3) is 0 Å². The summed E-state index contributed by atoms with van der Waals surface area (Å²) in [6.07, 6.45) is 1.11. The van der Waals surface area contributed by atoms with Crippen LogP contribution in [0.3, 0.4) is 0 Å². The van der Waals surface area contributed by atoms with Gasteiger partial charge >= 0.3 is 0 Å². The van der Waals surface area contributed by atoms with Crippen molar-refractivity contribution >= 4 is 0 Å². The molecule has 0 aliphatic carbocycles. The van der Waals surface area contributed by atoms with Crippen molar-refractivity contribution in [3.8, 4) is 0 Å². The van der Waals surface area contributed by atoms with Crippen LogP contribution in [0, 0.1) is 5.41 Å². The number of rotatable bonds is 2. The van der Waals surface area contributed by atoms with Crippen LogP contribution < -0.4 is 5.32 Å². The van der Waals surface area contributed by atoms with Crippen LogP contribution in [-0.2, 0) is 17.8 Å². The number of methoxy groups -OCH3 is 1. The molecule has 0 saturated carbocycles. The number of benzene rings is 1. The summed E-state index contributed by atoms with van der Waals surface area (Å²) in [7, 11) is 1.77. The quantitative estimate of drug-likeness (QED) is 0.847. The largest absolute Gasteiger partial charge is 0.380 e. The van der Waals surface area contributed by atoms with E-state index >= 15 is 0 Å². The molecule has 17 heavy (non-hydrogen) atoms. The molecule has 0 saturated heterocycles. The summed E-state index contributed by atoms with van der Waals surface area (Å²) in [5.74, 6) is 0. The van der Waals surface area contributed by atoms with Crippen molar-refractivity contribution < 1.29 is 4.74 Å². The molecule has 1 unspecified atom stereocenters. The predicted molar refractivity (Wildman–Crippen MR) is 71.1 cm³/mol. The van der Waals surface area contributed by atoms with Gasteiger partial charge in [0.05, 0.1) is 6.61 Å². The van der Waals surface area contributed by atoms with E-state index in [-0.39, 0.29) is 5.41 Å². The van der Waals surface area contributed by atoms with Crippen LogP contribution in [0.1, 0.15) is 43.5 Å². The summed E-state index contributed by atoms with van der Waals surface area (Å²) in [5, 5.41) is 3.64. The minimum Gasteiger partial charge on any atom is -0.380 e. The normalized spacial score (nSPS) is 20.1. The van der Waals surface area contributed by atoms with E-state index in [1.165, 1.54) is 16.7 Å². The lowest BCUT2D eigenvalue weighted by atomic mass is 9.77. The van der Waals surface area contributed by atoms with Gasteiger partial charge in [-0.2, -0.15) is 0 Å². The lowest BCUT2D eigenvalue weighted by molar-refractivity contribution is 0.183. The Morgan fingerprint density at radius 2 is 2.12 bits per heavy atom. The zero-order chi connectivity index (χ0) is 12.5. The minimum atomic E-state index is 0.251. The van der Waals surface area contributed by atoms with Gasteiger partial charge in [0.2, 0.25) is 0 Å². The first-order valence-corrected chi connectivity index (χ1v) is 6.37. The Morgan fingerprint density at radius 3 is 2.76 bits per heavy atom. The van der Waals surface area contributed by atoms with Crippen molar-refractivity contribution in [3.05, 3.63) is 34.9 Å². The smallest absolute Gasteiger partial charge is 0.0715 e. The third kappa shape index (κ3) is 2.53. The molecule has 1 aliphatic rings. The zero-order valence-corrected chi connectivity index (χ0v) is 11.3. The maximum absolute atomic E-state index is 5.29. The predicted octanol–water partition coefficient (Wildman–Crippen LogP) is 3.07. The highest BCUT2D eigenvalue weighted by Crippen LogP contribution is 2.37. The monoisotopic (exact) mass is 233 g/mol. The molecule has 1 N–H and O–H groups in total. The average molecular weight is 233 g/mol. The molecule has 2 heteroatoms. The van der Waals surface area contributed by atoms with E-state index in [9.17, 15) is 0 Å². The maximum atomic E-state index is 5.29. The molecular formula is C15H23NO. The van der Waals surface area contributed by atoms with Crippen LogP contribution in [-0.4, -0.2) is 13.7 Å². The fraction of sp³-hybridized carbons (Fsp3) is 0.600. The van der Waals surface area contributed by atoms with E-state index in [4.69, 9.17) is 4.74 Å². The Hall–Kier alpha value is -0.860. The number of nitrogens with one attached hydrogen (secondary N) is 1. The molecule has 1 aliphatic heterocycles. The first-order valence-electron chi connectivity index (χ1n) is 6.37. The SMILES string of the molecule is COCc1cccc2c1CCNC2C(C)(C)C. The minimum absolute atomic E-state index is 0.251. The summed E-state index contributed by atoms with van der Waals surface area (Å²) >= 11 is 0. The average Bonchev–Trinajstić information content (AvgIpc) is 2.28. The summed E-state index contributed by atoms with van der Waals surface area (Å²) in [4.78, 5) is 0. The number of hydrogen-bond donors (Lipinski definition) is 1. The molecule has 2 rings (SSSR count). The van der Waals surface area contributed by atoms with E-state index in [0.717, 1.165) is 19.6 Å². The highest BCUT2D eigenvalue weighted by molar-refractivity contribution is 5.39. The van der Waals surface area contributed by atoms with Crippen molar-refractivity contribution in [2.75, 3.05) is 13.7 Å². The second kappa shape index (κ2) is 4.79. The molecular weight excluding hydrogens is 210 g/mol. The van der Waals surface area contributed by atoms with E-state index in [0.29, 0.717) is 6.04 Å². The molecule has 0 radical (unpaired) electrons. The van der Waals surface area contributed by atoms with E-state index in [1.807, 2.05) is 0 Å². The van der Waals surface area contributed by atoms with Gasteiger partial charge in [0.15, 0.2) is 0 Å². The second-order valence-electron chi connectivity index (χ2n) is 5.92. The van der Waals surface area contributed by atoms with Crippen LogP contribution >= 0.6 is 0 Å². The van der Waals surface area contributed by atoms with Crippen LogP contribution in [0.2, 0.25) is 0 Å². The van der Waals surface area contributed by atoms with E-state index in [1.54, 1.807) is 7.11 Å². The van der Waals surface area contributed by atoms with Crippen LogP contribution in [0.15, 0.2) is 18.2 Å². The third-order valence-electron chi connectivity index (χ3n) is 3.51. The Labute approximate surface area is 104 Å². The van der Waals surface area contributed by atoms with Gasteiger partial charge in [-0.1, -0.05) is 39.0 Å². The number of ether oxygens (including phenoxy) is 1. The number of hydrogen-bond acceptors (Lipinski definition) is 2. The van der Waals surface area contributed by atoms with Crippen LogP contribution in [0.25, 0.3) is 0 Å². The van der Waals surface area contributed by atoms with Crippen molar-refractivity contribution in [1.82, 2.24) is 5.32 Å². The van der Waals surface area contributed by atoms with Gasteiger partial charge in [0.1, 0.15) is 0 Å². The molecule has 0 fully saturated rings. The summed E-state index contributed by atoms with van der Waals surface area (Å²) < 4.78 is 5.29. The van der Waals surface area contributed by atoms with Crippen molar-refractivity contribution in [1.29, 1.82) is 0 Å². The molecule has 1 aromatic rings. The first kappa shape index (κ1) is 12.6. The number of fused-ring (bicyclic) bond motifs is 1. The summed E-state index contributed by atoms with van der Waals surface area (Å²) in [5.41, 5.74) is 4.55. The van der Waals surface area contributed by atoms with Crippen molar-refractivity contribution in [3.63, 3.8) is 0 Å². The van der Waals surface area contributed by atoms with Crippen molar-refractivity contribution in [2.24, 2.45) is 5.41 Å². The van der Waals surface area contributed by atoms with Gasteiger partial charge in [-0.15, -0.1) is 0 Å². The van der Waals surface area contributed by atoms with Gasteiger partial charge in [-0.3, -0.25) is 0 Å². The summed E-state index contributed by atoms with van der Waals surface area (Å²) in [6, 6.07) is 7.05. The van der Waals surface area contributed by atoms with Crippen LogP contribution in [0.4, 0.5) is 0 Å². The molecule has 2 nitrogen and oxygen atoms in total. The first-order chi connectivity index (χ1) is 8.04. The van der Waals surface area contributed by atoms with Gasteiger partial charge in [-0.25, -0.2) is 0 Å². The molecule has 1 heterocycles. The van der Waals surface area contributed by atoms with Gasteiger partial charge in [-0.05, 0) is 35.1 Å². The topological polar surface area (TPSA) is 21.3 Å². The van der Waals surface area contributed by atoms with Gasteiger partial charge in [0, 0.05) is 13.2 Å². The Bertz CT molecular complexity index is 392. The second-order valence-corrected chi connectivity index (χ2v) is 5.92. The van der Waals surface area contributed by atoms with E-state index in [2.05, 4.69) is 44.3 Å². The highest BCUT2D eigenvalue weighted by atomic mass is 16.5. The molecule has 0 aromatic heterocycles. The van der Waals surface area contributed by atoms with Crippen molar-refractivity contribution in [2.45, 2.75) is 39.8 Å². The Balaban J connectivity index is 2.42. The zero-order valence-electron chi connectivity index (χ0n) is 11.3. The molecule has 1 atom stereocenters. The molecule has 0 amide bonds. The third-order valence-corrected chi connectivity index (χ3v) is 3.51. The molecule has 0 spiro atoms. The molecule has 94 valence electrons. The molecule has 0 bridgehead atoms. The Kier molecular flexibility index (Phi) is 3.55. The fourth-order valence-electron chi connectivity index (χ4n) is 2.74. The lowest BCUT2D eigenvalue weighted by Gasteiger charge is -2.37.